The molecule has 24 heavy (non-hydrogen) atoms. The Balaban J connectivity index is 1.84. The highest BCUT2D eigenvalue weighted by atomic mass is 16.4. The van der Waals surface area contributed by atoms with E-state index in [-0.39, 0.29) is 18.4 Å². The zero-order chi connectivity index (χ0) is 17.1. The van der Waals surface area contributed by atoms with Crippen LogP contribution in [0, 0.1) is 5.92 Å². The maximum absolute atomic E-state index is 12.8. The van der Waals surface area contributed by atoms with E-state index in [0.29, 0.717) is 24.3 Å². The third-order valence-electron chi connectivity index (χ3n) is 4.60. The van der Waals surface area contributed by atoms with Crippen molar-refractivity contribution in [3.8, 4) is 0 Å². The molecular formula is C19H21NO4. The Labute approximate surface area is 140 Å². The number of hydrogen-bond acceptors (Lipinski definition) is 3. The van der Waals surface area contributed by atoms with Gasteiger partial charge in [-0.1, -0.05) is 37.3 Å². The molecule has 2 aromatic rings. The van der Waals surface area contributed by atoms with Gasteiger partial charge in [-0.05, 0) is 18.1 Å². The summed E-state index contributed by atoms with van der Waals surface area (Å²) in [7, 11) is 0. The first-order valence-corrected chi connectivity index (χ1v) is 8.25. The number of carboxylic acids is 1. The van der Waals surface area contributed by atoms with Crippen molar-refractivity contribution in [3.05, 3.63) is 59.5 Å². The minimum absolute atomic E-state index is 0.142. The Morgan fingerprint density at radius 1 is 1.21 bits per heavy atom. The minimum Gasteiger partial charge on any atom is -0.481 e. The smallest absolute Gasteiger partial charge is 0.308 e. The number of benzene rings is 1. The van der Waals surface area contributed by atoms with Gasteiger partial charge < -0.3 is 14.4 Å². The second-order valence-electron chi connectivity index (χ2n) is 6.18. The van der Waals surface area contributed by atoms with Crippen molar-refractivity contribution in [2.75, 3.05) is 13.1 Å². The summed E-state index contributed by atoms with van der Waals surface area (Å²) in [6, 6.07) is 11.2. The van der Waals surface area contributed by atoms with Crippen LogP contribution in [-0.2, 0) is 11.2 Å². The Bertz CT molecular complexity index is 722. The zero-order valence-corrected chi connectivity index (χ0v) is 13.6. The molecule has 126 valence electrons. The van der Waals surface area contributed by atoms with Crippen LogP contribution in [0.3, 0.4) is 0 Å². The number of carbonyl (C=O) groups excluding carboxylic acids is 1. The fraction of sp³-hybridized carbons (Fsp3) is 0.368. The predicted molar refractivity (Wildman–Crippen MR) is 88.9 cm³/mol. The number of rotatable bonds is 5. The highest BCUT2D eigenvalue weighted by molar-refractivity contribution is 5.96. The molecule has 0 aliphatic carbocycles. The normalized spacial score (nSPS) is 20.3. The van der Waals surface area contributed by atoms with E-state index in [1.165, 1.54) is 6.26 Å². The number of hydrogen-bond donors (Lipinski definition) is 1. The first-order valence-electron chi connectivity index (χ1n) is 8.25. The van der Waals surface area contributed by atoms with Gasteiger partial charge in [-0.15, -0.1) is 0 Å². The fourth-order valence-electron chi connectivity index (χ4n) is 3.38. The maximum Gasteiger partial charge on any atom is 0.308 e. The lowest BCUT2D eigenvalue weighted by molar-refractivity contribution is -0.141. The van der Waals surface area contributed by atoms with E-state index in [0.717, 1.165) is 12.0 Å². The van der Waals surface area contributed by atoms with Gasteiger partial charge in [-0.3, -0.25) is 9.59 Å². The van der Waals surface area contributed by atoms with Crippen molar-refractivity contribution >= 4 is 11.9 Å². The number of nitrogens with zero attached hydrogens (tertiary/aromatic N) is 1. The minimum atomic E-state index is -0.861. The summed E-state index contributed by atoms with van der Waals surface area (Å²) >= 11 is 0. The number of carboxylic acid groups (broad SMARTS) is 1. The van der Waals surface area contributed by atoms with E-state index >= 15 is 0 Å². The lowest BCUT2D eigenvalue weighted by Crippen LogP contribution is -2.30. The van der Waals surface area contributed by atoms with E-state index in [1.54, 1.807) is 11.0 Å². The number of aliphatic carboxylic acids is 1. The van der Waals surface area contributed by atoms with Gasteiger partial charge >= 0.3 is 5.97 Å². The van der Waals surface area contributed by atoms with Gasteiger partial charge in [0.1, 0.15) is 5.76 Å². The molecule has 5 nitrogen and oxygen atoms in total. The highest BCUT2D eigenvalue weighted by Gasteiger charge is 2.41. The molecule has 0 unspecified atom stereocenters. The molecule has 0 bridgehead atoms. The lowest BCUT2D eigenvalue weighted by atomic mass is 9.89. The van der Waals surface area contributed by atoms with Gasteiger partial charge in [0.05, 0.1) is 17.7 Å². The van der Waals surface area contributed by atoms with Crippen LogP contribution >= 0.6 is 0 Å². The van der Waals surface area contributed by atoms with Crippen LogP contribution in [0.1, 0.15) is 40.9 Å². The summed E-state index contributed by atoms with van der Waals surface area (Å²) < 4.78 is 5.41. The van der Waals surface area contributed by atoms with Crippen molar-refractivity contribution in [3.63, 3.8) is 0 Å². The molecule has 1 aromatic carbocycles. The van der Waals surface area contributed by atoms with Gasteiger partial charge in [0, 0.05) is 25.4 Å². The number of carbonyl (C=O) groups is 2. The van der Waals surface area contributed by atoms with Crippen molar-refractivity contribution < 1.29 is 19.1 Å². The summed E-state index contributed by atoms with van der Waals surface area (Å²) in [6.45, 7) is 2.67. The molecule has 0 saturated carbocycles. The summed E-state index contributed by atoms with van der Waals surface area (Å²) in [6.07, 6.45) is 3.11. The lowest BCUT2D eigenvalue weighted by Gasteiger charge is -2.16. The topological polar surface area (TPSA) is 70.8 Å². The average molecular weight is 327 g/mol. The first kappa shape index (κ1) is 16.3. The van der Waals surface area contributed by atoms with Crippen LogP contribution in [0.15, 0.2) is 47.1 Å². The Morgan fingerprint density at radius 2 is 1.96 bits per heavy atom. The van der Waals surface area contributed by atoms with Gasteiger partial charge in [-0.2, -0.15) is 0 Å². The third kappa shape index (κ3) is 3.07. The standard InChI is InChI=1S/C19H21NO4/c1-2-6-17-14(9-10-24-17)18(21)20-11-15(16(12-20)19(22)23)13-7-4-3-5-8-13/h3-5,7-10,15-16H,2,6,11-12H2,1H3,(H,22,23)/t15-,16-/m0/s1. The zero-order valence-electron chi connectivity index (χ0n) is 13.6. The Hall–Kier alpha value is -2.56. The molecule has 3 rings (SSSR count). The Morgan fingerprint density at radius 3 is 2.62 bits per heavy atom. The molecule has 1 aliphatic rings. The highest BCUT2D eigenvalue weighted by Crippen LogP contribution is 2.34. The maximum atomic E-state index is 12.8. The van der Waals surface area contributed by atoms with Crippen LogP contribution in [0.4, 0.5) is 0 Å². The summed E-state index contributed by atoms with van der Waals surface area (Å²) in [5, 5.41) is 9.56. The summed E-state index contributed by atoms with van der Waals surface area (Å²) in [4.78, 5) is 26.1. The number of amides is 1. The van der Waals surface area contributed by atoms with Crippen molar-refractivity contribution in [1.29, 1.82) is 0 Å². The molecule has 2 heterocycles. The van der Waals surface area contributed by atoms with E-state index in [4.69, 9.17) is 4.42 Å². The average Bonchev–Trinajstić information content (AvgIpc) is 3.22. The second kappa shape index (κ2) is 6.91. The van der Waals surface area contributed by atoms with Crippen molar-refractivity contribution in [1.82, 2.24) is 4.90 Å². The largest absolute Gasteiger partial charge is 0.481 e. The third-order valence-corrected chi connectivity index (χ3v) is 4.60. The number of aryl methyl sites for hydroxylation is 1. The Kier molecular flexibility index (Phi) is 4.69. The fourth-order valence-corrected chi connectivity index (χ4v) is 3.38. The molecule has 1 N–H and O–H groups in total. The van der Waals surface area contributed by atoms with E-state index in [1.807, 2.05) is 37.3 Å². The van der Waals surface area contributed by atoms with E-state index < -0.39 is 11.9 Å². The van der Waals surface area contributed by atoms with E-state index in [9.17, 15) is 14.7 Å². The molecule has 0 radical (unpaired) electrons. The van der Waals surface area contributed by atoms with Crippen molar-refractivity contribution in [2.24, 2.45) is 5.92 Å². The molecule has 1 fully saturated rings. The van der Waals surface area contributed by atoms with Crippen LogP contribution in [0.5, 0.6) is 0 Å². The molecule has 1 aliphatic heterocycles. The van der Waals surface area contributed by atoms with Crippen LogP contribution in [0.2, 0.25) is 0 Å². The van der Waals surface area contributed by atoms with Gasteiger partial charge in [0.2, 0.25) is 0 Å². The van der Waals surface area contributed by atoms with E-state index in [2.05, 4.69) is 0 Å². The van der Waals surface area contributed by atoms with Gasteiger partial charge in [-0.25, -0.2) is 0 Å². The molecule has 1 saturated heterocycles. The second-order valence-corrected chi connectivity index (χ2v) is 6.18. The molecule has 0 spiro atoms. The SMILES string of the molecule is CCCc1occc1C(=O)N1C[C@H](C(=O)O)[C@H](c2ccccc2)C1. The quantitative estimate of drug-likeness (QED) is 0.915. The molecule has 1 amide bonds. The molecule has 1 aromatic heterocycles. The molecule has 5 heteroatoms. The van der Waals surface area contributed by atoms with Gasteiger partial charge in [0.25, 0.3) is 5.91 Å². The van der Waals surface area contributed by atoms with Crippen LogP contribution in [0.25, 0.3) is 0 Å². The van der Waals surface area contributed by atoms with Gasteiger partial charge in [0.15, 0.2) is 0 Å². The molecule has 2 atom stereocenters. The van der Waals surface area contributed by atoms with Crippen LogP contribution < -0.4 is 0 Å². The number of furan rings is 1. The summed E-state index contributed by atoms with van der Waals surface area (Å²) in [5.74, 6) is -1.10. The number of likely N-dealkylation sites (tertiary alicyclic amines) is 1. The van der Waals surface area contributed by atoms with Crippen molar-refractivity contribution in [2.45, 2.75) is 25.7 Å². The summed E-state index contributed by atoms with van der Waals surface area (Å²) in [5.41, 5.74) is 1.51. The first-order chi connectivity index (χ1) is 11.6. The predicted octanol–water partition coefficient (Wildman–Crippen LogP) is 3.17. The molecular weight excluding hydrogens is 306 g/mol. The van der Waals surface area contributed by atoms with Crippen LogP contribution in [-0.4, -0.2) is 35.0 Å². The monoisotopic (exact) mass is 327 g/mol.